The van der Waals surface area contributed by atoms with Gasteiger partial charge in [-0.2, -0.15) is 0 Å². The first kappa shape index (κ1) is 18.3. The molecule has 31 heavy (non-hydrogen) atoms. The summed E-state index contributed by atoms with van der Waals surface area (Å²) in [5.41, 5.74) is 8.52. The lowest BCUT2D eigenvalue weighted by Crippen LogP contribution is -1.95. The minimum atomic E-state index is 0.671. The van der Waals surface area contributed by atoms with Crippen molar-refractivity contribution >= 4 is 22.1 Å². The van der Waals surface area contributed by atoms with E-state index in [1.807, 2.05) is 18.3 Å². The van der Waals surface area contributed by atoms with Crippen LogP contribution < -0.4 is 0 Å². The molecule has 0 amide bonds. The zero-order valence-electron chi connectivity index (χ0n) is 17.6. The zero-order chi connectivity index (χ0) is 20.8. The standard InChI is InChI=1S/C28H24N2O/c1-18-13-14-23-24-12-6-16-30-28(24)31-27(23)25(18)26-22(11-5-15-29-26)21-10-4-9-20(17-21)19-7-2-3-8-19/h4-6,9-17,19H,2-3,7-8H2,1H3. The summed E-state index contributed by atoms with van der Waals surface area (Å²) in [6.45, 7) is 2.13. The van der Waals surface area contributed by atoms with E-state index in [0.717, 1.165) is 38.7 Å². The number of benzene rings is 2. The summed E-state index contributed by atoms with van der Waals surface area (Å²) in [4.78, 5) is 9.29. The molecule has 0 saturated heterocycles. The van der Waals surface area contributed by atoms with Gasteiger partial charge >= 0.3 is 0 Å². The van der Waals surface area contributed by atoms with Gasteiger partial charge in [0.25, 0.3) is 0 Å². The third-order valence-electron chi connectivity index (χ3n) is 6.69. The molecule has 2 aromatic carbocycles. The molecule has 1 saturated carbocycles. The van der Waals surface area contributed by atoms with Crippen LogP contribution >= 0.6 is 0 Å². The van der Waals surface area contributed by atoms with Gasteiger partial charge < -0.3 is 4.42 Å². The number of fused-ring (bicyclic) bond motifs is 3. The van der Waals surface area contributed by atoms with Crippen LogP contribution in [0.2, 0.25) is 0 Å². The van der Waals surface area contributed by atoms with Crippen LogP contribution in [0.4, 0.5) is 0 Å². The molecular formula is C28H24N2O. The summed E-state index contributed by atoms with van der Waals surface area (Å²) < 4.78 is 6.26. The van der Waals surface area contributed by atoms with Crippen LogP contribution in [0.15, 0.2) is 77.5 Å². The number of rotatable bonds is 3. The van der Waals surface area contributed by atoms with Crippen molar-refractivity contribution < 1.29 is 4.42 Å². The summed E-state index contributed by atoms with van der Waals surface area (Å²) in [5.74, 6) is 0.687. The van der Waals surface area contributed by atoms with Gasteiger partial charge in [-0.25, -0.2) is 4.98 Å². The molecular weight excluding hydrogens is 380 g/mol. The van der Waals surface area contributed by atoms with Gasteiger partial charge in [0.1, 0.15) is 5.58 Å². The van der Waals surface area contributed by atoms with Gasteiger partial charge in [0.2, 0.25) is 5.71 Å². The quantitative estimate of drug-likeness (QED) is 0.309. The van der Waals surface area contributed by atoms with Crippen molar-refractivity contribution in [2.75, 3.05) is 0 Å². The van der Waals surface area contributed by atoms with Crippen molar-refractivity contribution in [3.63, 3.8) is 0 Å². The van der Waals surface area contributed by atoms with Gasteiger partial charge in [-0.05, 0) is 60.6 Å². The maximum Gasteiger partial charge on any atom is 0.227 e. The fraction of sp³-hybridized carbons (Fsp3) is 0.214. The lowest BCUT2D eigenvalue weighted by molar-refractivity contribution is 0.654. The van der Waals surface area contributed by atoms with Crippen molar-refractivity contribution in [3.8, 4) is 22.4 Å². The van der Waals surface area contributed by atoms with Crippen molar-refractivity contribution in [2.45, 2.75) is 38.5 Å². The summed E-state index contributed by atoms with van der Waals surface area (Å²) in [6.07, 6.45) is 8.93. The minimum absolute atomic E-state index is 0.671. The highest BCUT2D eigenvalue weighted by Crippen LogP contribution is 2.41. The molecule has 152 valence electrons. The second kappa shape index (κ2) is 7.35. The highest BCUT2D eigenvalue weighted by molar-refractivity contribution is 6.09. The SMILES string of the molecule is Cc1ccc2c(oc3ncccc32)c1-c1ncccc1-c1cccc(C2CCCC2)c1. The normalized spacial score (nSPS) is 14.6. The van der Waals surface area contributed by atoms with E-state index in [0.29, 0.717) is 11.6 Å². The van der Waals surface area contributed by atoms with E-state index in [4.69, 9.17) is 9.40 Å². The Hall–Kier alpha value is -3.46. The van der Waals surface area contributed by atoms with Crippen LogP contribution in [-0.2, 0) is 0 Å². The maximum absolute atomic E-state index is 6.26. The van der Waals surface area contributed by atoms with Crippen molar-refractivity contribution in [1.29, 1.82) is 0 Å². The summed E-state index contributed by atoms with van der Waals surface area (Å²) in [7, 11) is 0. The molecule has 0 aliphatic heterocycles. The fourth-order valence-electron chi connectivity index (χ4n) is 5.12. The Kier molecular flexibility index (Phi) is 4.34. The summed E-state index contributed by atoms with van der Waals surface area (Å²) >= 11 is 0. The molecule has 0 atom stereocenters. The highest BCUT2D eigenvalue weighted by Gasteiger charge is 2.21. The molecule has 0 radical (unpaired) electrons. The molecule has 3 nitrogen and oxygen atoms in total. The molecule has 1 fully saturated rings. The van der Waals surface area contributed by atoms with E-state index in [2.05, 4.69) is 60.4 Å². The molecule has 6 rings (SSSR count). The van der Waals surface area contributed by atoms with E-state index in [9.17, 15) is 0 Å². The molecule has 3 heteroatoms. The highest BCUT2D eigenvalue weighted by atomic mass is 16.3. The molecule has 0 spiro atoms. The Morgan fingerprint density at radius 1 is 0.839 bits per heavy atom. The van der Waals surface area contributed by atoms with E-state index in [1.165, 1.54) is 36.8 Å². The van der Waals surface area contributed by atoms with Gasteiger partial charge in [0.15, 0.2) is 0 Å². The minimum Gasteiger partial charge on any atom is -0.437 e. The molecule has 5 aromatic rings. The van der Waals surface area contributed by atoms with E-state index in [-0.39, 0.29) is 0 Å². The summed E-state index contributed by atoms with van der Waals surface area (Å²) in [6, 6.07) is 21.6. The molecule has 1 aliphatic carbocycles. The number of hydrogen-bond acceptors (Lipinski definition) is 3. The van der Waals surface area contributed by atoms with E-state index < -0.39 is 0 Å². The van der Waals surface area contributed by atoms with Crippen LogP contribution in [0.25, 0.3) is 44.5 Å². The fourth-order valence-corrected chi connectivity index (χ4v) is 5.12. The number of aromatic nitrogens is 2. The largest absolute Gasteiger partial charge is 0.437 e. The van der Waals surface area contributed by atoms with Crippen LogP contribution in [-0.4, -0.2) is 9.97 Å². The van der Waals surface area contributed by atoms with Gasteiger partial charge in [0.05, 0.1) is 5.69 Å². The molecule has 0 unspecified atom stereocenters. The number of hydrogen-bond donors (Lipinski definition) is 0. The summed E-state index contributed by atoms with van der Waals surface area (Å²) in [5, 5.41) is 2.12. The third kappa shape index (κ3) is 3.04. The molecule has 1 aliphatic rings. The Morgan fingerprint density at radius 3 is 2.58 bits per heavy atom. The van der Waals surface area contributed by atoms with E-state index in [1.54, 1.807) is 6.20 Å². The third-order valence-corrected chi connectivity index (χ3v) is 6.69. The number of nitrogens with zero attached hydrogens (tertiary/aromatic N) is 2. The number of pyridine rings is 2. The van der Waals surface area contributed by atoms with Gasteiger partial charge in [-0.3, -0.25) is 4.98 Å². The zero-order valence-corrected chi connectivity index (χ0v) is 17.6. The number of aryl methyl sites for hydroxylation is 1. The predicted molar refractivity (Wildman–Crippen MR) is 126 cm³/mol. The lowest BCUT2D eigenvalue weighted by atomic mass is 9.91. The van der Waals surface area contributed by atoms with Crippen LogP contribution in [0.5, 0.6) is 0 Å². The van der Waals surface area contributed by atoms with Crippen LogP contribution in [0.3, 0.4) is 0 Å². The van der Waals surface area contributed by atoms with Gasteiger partial charge in [0, 0.05) is 34.3 Å². The Labute approximate surface area is 181 Å². The topological polar surface area (TPSA) is 38.9 Å². The Bertz CT molecular complexity index is 1410. The van der Waals surface area contributed by atoms with Crippen molar-refractivity contribution in [3.05, 3.63) is 84.2 Å². The first-order valence-electron chi connectivity index (χ1n) is 11.1. The van der Waals surface area contributed by atoms with Gasteiger partial charge in [-0.15, -0.1) is 0 Å². The first-order valence-corrected chi connectivity index (χ1v) is 11.1. The van der Waals surface area contributed by atoms with E-state index >= 15 is 0 Å². The number of furan rings is 1. The lowest BCUT2D eigenvalue weighted by Gasteiger charge is -2.14. The van der Waals surface area contributed by atoms with Gasteiger partial charge in [-0.1, -0.05) is 55.3 Å². The molecule has 3 heterocycles. The Morgan fingerprint density at radius 2 is 1.68 bits per heavy atom. The maximum atomic E-state index is 6.26. The predicted octanol–water partition coefficient (Wildman–Crippen LogP) is 7.68. The van der Waals surface area contributed by atoms with Crippen LogP contribution in [0.1, 0.15) is 42.7 Å². The Balaban J connectivity index is 1.57. The monoisotopic (exact) mass is 404 g/mol. The molecule has 3 aromatic heterocycles. The molecule has 0 N–H and O–H groups in total. The second-order valence-electron chi connectivity index (χ2n) is 8.60. The average Bonchev–Trinajstić information content (AvgIpc) is 3.47. The second-order valence-corrected chi connectivity index (χ2v) is 8.60. The first-order chi connectivity index (χ1) is 15.3. The van der Waals surface area contributed by atoms with Crippen LogP contribution in [0, 0.1) is 6.92 Å². The smallest absolute Gasteiger partial charge is 0.227 e. The van der Waals surface area contributed by atoms with Crippen molar-refractivity contribution in [2.24, 2.45) is 0 Å². The van der Waals surface area contributed by atoms with Crippen molar-refractivity contribution in [1.82, 2.24) is 9.97 Å². The average molecular weight is 405 g/mol. The molecule has 0 bridgehead atoms.